The summed E-state index contributed by atoms with van der Waals surface area (Å²) in [6.07, 6.45) is -1.05. The smallest absolute Gasteiger partial charge is 0.326 e. The van der Waals surface area contributed by atoms with Gasteiger partial charge in [-0.1, -0.05) is 12.1 Å². The quantitative estimate of drug-likeness (QED) is 0.673. The van der Waals surface area contributed by atoms with Crippen molar-refractivity contribution in [1.29, 1.82) is 0 Å². The highest BCUT2D eigenvalue weighted by atomic mass is 16.5. The number of hydrogen-bond donors (Lipinski definition) is 2. The Balaban J connectivity index is 1.82. The highest BCUT2D eigenvalue weighted by Crippen LogP contribution is 2.23. The van der Waals surface area contributed by atoms with Gasteiger partial charge in [0.25, 0.3) is 11.8 Å². The predicted octanol–water partition coefficient (Wildman–Crippen LogP) is 2.00. The zero-order valence-corrected chi connectivity index (χ0v) is 15.9. The Hall–Kier alpha value is -3.55. The van der Waals surface area contributed by atoms with E-state index in [4.69, 9.17) is 14.2 Å². The number of esters is 1. The van der Waals surface area contributed by atoms with E-state index in [1.54, 1.807) is 48.5 Å². The van der Waals surface area contributed by atoms with E-state index < -0.39 is 23.9 Å². The SMILES string of the molecule is COc1ccc(C(=O)NCC(=O)O[C@H](C)C(=O)Nc2ccccc2OC)cc1. The van der Waals surface area contributed by atoms with Crippen LogP contribution in [0.2, 0.25) is 0 Å². The molecule has 28 heavy (non-hydrogen) atoms. The number of carbonyl (C=O) groups excluding carboxylic acids is 3. The molecule has 8 heteroatoms. The molecule has 1 atom stereocenters. The summed E-state index contributed by atoms with van der Waals surface area (Å²) in [5.74, 6) is -0.582. The Morgan fingerprint density at radius 2 is 1.64 bits per heavy atom. The predicted molar refractivity (Wildman–Crippen MR) is 103 cm³/mol. The summed E-state index contributed by atoms with van der Waals surface area (Å²) in [5, 5.41) is 5.07. The number of rotatable bonds is 8. The molecule has 2 aromatic carbocycles. The molecule has 0 heterocycles. The van der Waals surface area contributed by atoms with Crippen LogP contribution in [0, 0.1) is 0 Å². The van der Waals surface area contributed by atoms with Gasteiger partial charge >= 0.3 is 5.97 Å². The lowest BCUT2D eigenvalue weighted by Crippen LogP contribution is -2.35. The molecule has 0 unspecified atom stereocenters. The minimum atomic E-state index is -1.05. The molecule has 0 aromatic heterocycles. The van der Waals surface area contributed by atoms with Crippen molar-refractivity contribution in [3.8, 4) is 11.5 Å². The van der Waals surface area contributed by atoms with Crippen molar-refractivity contribution in [2.24, 2.45) is 0 Å². The molecule has 0 saturated carbocycles. The Kier molecular flexibility index (Phi) is 7.38. The number of para-hydroxylation sites is 2. The van der Waals surface area contributed by atoms with Gasteiger partial charge in [0, 0.05) is 5.56 Å². The lowest BCUT2D eigenvalue weighted by atomic mass is 10.2. The van der Waals surface area contributed by atoms with E-state index in [2.05, 4.69) is 10.6 Å². The van der Waals surface area contributed by atoms with Crippen LogP contribution >= 0.6 is 0 Å². The Bertz CT molecular complexity index is 835. The van der Waals surface area contributed by atoms with Gasteiger partial charge in [-0.3, -0.25) is 14.4 Å². The monoisotopic (exact) mass is 386 g/mol. The van der Waals surface area contributed by atoms with Gasteiger partial charge in [0.1, 0.15) is 18.0 Å². The van der Waals surface area contributed by atoms with E-state index >= 15 is 0 Å². The number of anilines is 1. The molecule has 0 aliphatic heterocycles. The Morgan fingerprint density at radius 3 is 2.29 bits per heavy atom. The molecule has 0 radical (unpaired) electrons. The fourth-order valence-corrected chi connectivity index (χ4v) is 2.27. The van der Waals surface area contributed by atoms with Crippen LogP contribution in [-0.4, -0.2) is 44.7 Å². The van der Waals surface area contributed by atoms with Crippen LogP contribution in [-0.2, 0) is 14.3 Å². The molecule has 0 aliphatic carbocycles. The van der Waals surface area contributed by atoms with Crippen molar-refractivity contribution in [1.82, 2.24) is 5.32 Å². The second kappa shape index (κ2) is 9.96. The van der Waals surface area contributed by atoms with Gasteiger partial charge in [-0.05, 0) is 43.3 Å². The van der Waals surface area contributed by atoms with E-state index in [0.717, 1.165) is 0 Å². The van der Waals surface area contributed by atoms with E-state index in [-0.39, 0.29) is 6.54 Å². The van der Waals surface area contributed by atoms with E-state index in [9.17, 15) is 14.4 Å². The molecule has 2 aromatic rings. The number of hydrogen-bond acceptors (Lipinski definition) is 6. The molecular weight excluding hydrogens is 364 g/mol. The molecule has 0 bridgehead atoms. The minimum absolute atomic E-state index is 0.364. The third-order valence-corrected chi connectivity index (χ3v) is 3.79. The summed E-state index contributed by atoms with van der Waals surface area (Å²) in [6.45, 7) is 1.07. The molecular formula is C20H22N2O6. The van der Waals surface area contributed by atoms with Crippen molar-refractivity contribution in [2.75, 3.05) is 26.1 Å². The standard InChI is InChI=1S/C20H22N2O6/c1-13(19(24)22-16-6-4-5-7-17(16)27-3)28-18(23)12-21-20(25)14-8-10-15(26-2)11-9-14/h4-11,13H,12H2,1-3H3,(H,21,25)(H,22,24)/t13-/m1/s1. The van der Waals surface area contributed by atoms with Crippen molar-refractivity contribution in [3.05, 3.63) is 54.1 Å². The number of benzene rings is 2. The number of ether oxygens (including phenoxy) is 3. The lowest BCUT2D eigenvalue weighted by Gasteiger charge is -2.15. The summed E-state index contributed by atoms with van der Waals surface area (Å²) in [4.78, 5) is 36.1. The zero-order valence-electron chi connectivity index (χ0n) is 15.9. The lowest BCUT2D eigenvalue weighted by molar-refractivity contribution is -0.152. The second-order valence-corrected chi connectivity index (χ2v) is 5.73. The minimum Gasteiger partial charge on any atom is -0.497 e. The van der Waals surface area contributed by atoms with Crippen LogP contribution < -0.4 is 20.1 Å². The van der Waals surface area contributed by atoms with Gasteiger partial charge in [0.2, 0.25) is 0 Å². The first kappa shape index (κ1) is 20.8. The first-order valence-electron chi connectivity index (χ1n) is 8.50. The number of carbonyl (C=O) groups is 3. The Morgan fingerprint density at radius 1 is 0.964 bits per heavy atom. The number of methoxy groups -OCH3 is 2. The second-order valence-electron chi connectivity index (χ2n) is 5.73. The number of amides is 2. The topological polar surface area (TPSA) is 103 Å². The van der Waals surface area contributed by atoms with Gasteiger partial charge < -0.3 is 24.8 Å². The summed E-state index contributed by atoms with van der Waals surface area (Å²) in [7, 11) is 3.01. The van der Waals surface area contributed by atoms with E-state index in [1.165, 1.54) is 21.1 Å². The summed E-state index contributed by atoms with van der Waals surface area (Å²) >= 11 is 0. The molecule has 0 spiro atoms. The largest absolute Gasteiger partial charge is 0.497 e. The van der Waals surface area contributed by atoms with Crippen molar-refractivity contribution in [2.45, 2.75) is 13.0 Å². The molecule has 2 rings (SSSR count). The van der Waals surface area contributed by atoms with Gasteiger partial charge in [0.15, 0.2) is 6.10 Å². The van der Waals surface area contributed by atoms with Gasteiger partial charge in [0.05, 0.1) is 19.9 Å². The molecule has 2 N–H and O–H groups in total. The highest BCUT2D eigenvalue weighted by molar-refractivity contribution is 5.98. The van der Waals surface area contributed by atoms with Crippen molar-refractivity contribution in [3.63, 3.8) is 0 Å². The fraction of sp³-hybridized carbons (Fsp3) is 0.250. The normalized spacial score (nSPS) is 11.1. The Labute approximate surface area is 162 Å². The molecule has 0 aliphatic rings. The molecule has 8 nitrogen and oxygen atoms in total. The maximum atomic E-state index is 12.2. The first-order chi connectivity index (χ1) is 13.4. The van der Waals surface area contributed by atoms with Crippen LogP contribution in [0.15, 0.2) is 48.5 Å². The van der Waals surface area contributed by atoms with Crippen LogP contribution in [0.4, 0.5) is 5.69 Å². The molecule has 148 valence electrons. The molecule has 0 saturated heterocycles. The van der Waals surface area contributed by atoms with Crippen molar-refractivity contribution < 1.29 is 28.6 Å². The first-order valence-corrected chi connectivity index (χ1v) is 8.50. The van der Waals surface area contributed by atoms with E-state index in [0.29, 0.717) is 22.7 Å². The van der Waals surface area contributed by atoms with Crippen molar-refractivity contribution >= 4 is 23.5 Å². The highest BCUT2D eigenvalue weighted by Gasteiger charge is 2.19. The maximum Gasteiger partial charge on any atom is 0.326 e. The molecule has 0 fully saturated rings. The summed E-state index contributed by atoms with van der Waals surface area (Å²) in [5.41, 5.74) is 0.835. The zero-order chi connectivity index (χ0) is 20.5. The third kappa shape index (κ3) is 5.73. The summed E-state index contributed by atoms with van der Waals surface area (Å²) in [6, 6.07) is 13.3. The average Bonchev–Trinajstić information content (AvgIpc) is 2.72. The number of nitrogens with one attached hydrogen (secondary N) is 2. The maximum absolute atomic E-state index is 12.2. The fourth-order valence-electron chi connectivity index (χ4n) is 2.27. The van der Waals surface area contributed by atoms with Crippen LogP contribution in [0.25, 0.3) is 0 Å². The van der Waals surface area contributed by atoms with E-state index in [1.807, 2.05) is 0 Å². The van der Waals surface area contributed by atoms with Gasteiger partial charge in [-0.15, -0.1) is 0 Å². The molecule has 2 amide bonds. The van der Waals surface area contributed by atoms with Gasteiger partial charge in [-0.25, -0.2) is 0 Å². The van der Waals surface area contributed by atoms with Gasteiger partial charge in [-0.2, -0.15) is 0 Å². The van der Waals surface area contributed by atoms with Crippen LogP contribution in [0.3, 0.4) is 0 Å². The summed E-state index contributed by atoms with van der Waals surface area (Å²) < 4.78 is 15.2. The van der Waals surface area contributed by atoms with Crippen LogP contribution in [0.5, 0.6) is 11.5 Å². The average molecular weight is 386 g/mol. The van der Waals surface area contributed by atoms with Crippen LogP contribution in [0.1, 0.15) is 17.3 Å². The third-order valence-electron chi connectivity index (χ3n) is 3.79.